The Balaban J connectivity index is 1.77. The highest BCUT2D eigenvalue weighted by Crippen LogP contribution is 2.21. The topological polar surface area (TPSA) is 103 Å². The van der Waals surface area contributed by atoms with Crippen molar-refractivity contribution in [3.05, 3.63) is 77.7 Å². The lowest BCUT2D eigenvalue weighted by atomic mass is 10.1. The largest absolute Gasteiger partial charge is 0.459 e. The van der Waals surface area contributed by atoms with Crippen molar-refractivity contribution in [3.8, 4) is 5.75 Å². The molecule has 0 bridgehead atoms. The van der Waals surface area contributed by atoms with Crippen LogP contribution in [-0.2, 0) is 9.84 Å². The van der Waals surface area contributed by atoms with E-state index in [0.29, 0.717) is 11.3 Å². The Hall–Kier alpha value is -3.39. The summed E-state index contributed by atoms with van der Waals surface area (Å²) >= 11 is 0. The first-order chi connectivity index (χ1) is 13.2. The molecule has 144 valence electrons. The smallest absolute Gasteiger partial charge is 0.343 e. The zero-order valence-corrected chi connectivity index (χ0v) is 15.9. The van der Waals surface area contributed by atoms with Crippen molar-refractivity contribution in [2.75, 3.05) is 11.6 Å². The van der Waals surface area contributed by atoms with Crippen molar-refractivity contribution in [1.29, 1.82) is 0 Å². The monoisotopic (exact) mass is 399 g/mol. The molecule has 1 aromatic heterocycles. The zero-order valence-electron chi connectivity index (χ0n) is 15.1. The van der Waals surface area contributed by atoms with Gasteiger partial charge in [-0.15, -0.1) is 0 Å². The van der Waals surface area contributed by atoms with Gasteiger partial charge in [-0.1, -0.05) is 12.1 Å². The first-order valence-corrected chi connectivity index (χ1v) is 10.1. The van der Waals surface area contributed by atoms with Gasteiger partial charge in [-0.3, -0.25) is 4.79 Å². The summed E-state index contributed by atoms with van der Waals surface area (Å²) in [5, 5.41) is 2.63. The number of furan rings is 1. The van der Waals surface area contributed by atoms with E-state index in [1.54, 1.807) is 37.3 Å². The number of ether oxygens (including phenoxy) is 1. The number of aryl methyl sites for hydroxylation is 1. The molecule has 0 radical (unpaired) electrons. The summed E-state index contributed by atoms with van der Waals surface area (Å²) in [4.78, 5) is 24.5. The SMILES string of the molecule is Cc1ccc(C(=O)Oc2cccc(NC(=O)c3ccco3)c2)cc1S(C)(=O)=O. The lowest BCUT2D eigenvalue weighted by molar-refractivity contribution is 0.0734. The minimum absolute atomic E-state index is 0.0708. The van der Waals surface area contributed by atoms with E-state index in [-0.39, 0.29) is 22.0 Å². The van der Waals surface area contributed by atoms with Crippen LogP contribution in [-0.4, -0.2) is 26.6 Å². The minimum Gasteiger partial charge on any atom is -0.459 e. The van der Waals surface area contributed by atoms with Gasteiger partial charge in [0, 0.05) is 18.0 Å². The molecule has 0 unspecified atom stereocenters. The third-order valence-electron chi connectivity index (χ3n) is 3.87. The van der Waals surface area contributed by atoms with Gasteiger partial charge >= 0.3 is 5.97 Å². The summed E-state index contributed by atoms with van der Waals surface area (Å²) in [5.74, 6) is -0.803. The quantitative estimate of drug-likeness (QED) is 0.521. The number of carbonyl (C=O) groups excluding carboxylic acids is 2. The fraction of sp³-hybridized carbons (Fsp3) is 0.100. The molecule has 8 heteroatoms. The number of rotatable bonds is 5. The lowest BCUT2D eigenvalue weighted by Crippen LogP contribution is -2.12. The fourth-order valence-corrected chi connectivity index (χ4v) is 3.52. The van der Waals surface area contributed by atoms with Gasteiger partial charge in [0.05, 0.1) is 16.7 Å². The molecular weight excluding hydrogens is 382 g/mol. The predicted octanol–water partition coefficient (Wildman–Crippen LogP) is 3.46. The van der Waals surface area contributed by atoms with Crippen LogP contribution in [0.4, 0.5) is 5.69 Å². The number of sulfone groups is 1. The third-order valence-corrected chi connectivity index (χ3v) is 5.11. The highest BCUT2D eigenvalue weighted by molar-refractivity contribution is 7.90. The predicted molar refractivity (Wildman–Crippen MR) is 102 cm³/mol. The van der Waals surface area contributed by atoms with Gasteiger partial charge in [-0.2, -0.15) is 0 Å². The van der Waals surface area contributed by atoms with E-state index in [4.69, 9.17) is 9.15 Å². The van der Waals surface area contributed by atoms with E-state index in [1.165, 1.54) is 30.5 Å². The normalized spacial score (nSPS) is 11.1. The van der Waals surface area contributed by atoms with Gasteiger partial charge in [-0.25, -0.2) is 13.2 Å². The number of benzene rings is 2. The van der Waals surface area contributed by atoms with Gasteiger partial charge in [0.2, 0.25) is 0 Å². The Bertz CT molecular complexity index is 1130. The number of carbonyl (C=O) groups is 2. The maximum atomic E-state index is 12.4. The molecule has 0 aliphatic heterocycles. The number of amides is 1. The Labute approximate surface area is 161 Å². The first-order valence-electron chi connectivity index (χ1n) is 8.22. The average Bonchev–Trinajstić information content (AvgIpc) is 3.16. The van der Waals surface area contributed by atoms with E-state index < -0.39 is 21.7 Å². The Morgan fingerprint density at radius 2 is 1.82 bits per heavy atom. The molecule has 0 aliphatic carbocycles. The zero-order chi connectivity index (χ0) is 20.3. The Morgan fingerprint density at radius 1 is 1.04 bits per heavy atom. The molecule has 1 N–H and O–H groups in total. The number of hydrogen-bond donors (Lipinski definition) is 1. The van der Waals surface area contributed by atoms with E-state index in [1.807, 2.05) is 0 Å². The van der Waals surface area contributed by atoms with E-state index >= 15 is 0 Å². The Kier molecular flexibility index (Phi) is 5.32. The summed E-state index contributed by atoms with van der Waals surface area (Å²) in [7, 11) is -3.47. The molecule has 1 amide bonds. The second-order valence-corrected chi connectivity index (χ2v) is 8.09. The summed E-state index contributed by atoms with van der Waals surface area (Å²) in [6.45, 7) is 1.65. The second-order valence-electron chi connectivity index (χ2n) is 6.10. The van der Waals surface area contributed by atoms with Crippen molar-refractivity contribution in [3.63, 3.8) is 0 Å². The van der Waals surface area contributed by atoms with Crippen LogP contribution in [0.5, 0.6) is 5.75 Å². The van der Waals surface area contributed by atoms with Gasteiger partial charge in [0.1, 0.15) is 5.75 Å². The van der Waals surface area contributed by atoms with Gasteiger partial charge in [0.25, 0.3) is 5.91 Å². The summed E-state index contributed by atoms with van der Waals surface area (Å²) in [5.41, 5.74) is 1.06. The van der Waals surface area contributed by atoms with Crippen LogP contribution in [0.2, 0.25) is 0 Å². The molecule has 0 fully saturated rings. The summed E-state index contributed by atoms with van der Waals surface area (Å²) in [6.07, 6.45) is 2.47. The van der Waals surface area contributed by atoms with Crippen LogP contribution in [0.25, 0.3) is 0 Å². The van der Waals surface area contributed by atoms with Crippen molar-refractivity contribution in [1.82, 2.24) is 0 Å². The Morgan fingerprint density at radius 3 is 2.50 bits per heavy atom. The second kappa shape index (κ2) is 7.69. The maximum Gasteiger partial charge on any atom is 0.343 e. The maximum absolute atomic E-state index is 12.4. The van der Waals surface area contributed by atoms with Crippen molar-refractivity contribution < 1.29 is 27.2 Å². The van der Waals surface area contributed by atoms with Crippen LogP contribution >= 0.6 is 0 Å². The van der Waals surface area contributed by atoms with Crippen molar-refractivity contribution in [2.24, 2.45) is 0 Å². The highest BCUT2D eigenvalue weighted by Gasteiger charge is 2.16. The number of nitrogens with one attached hydrogen (secondary N) is 1. The third kappa shape index (κ3) is 4.47. The summed E-state index contributed by atoms with van der Waals surface area (Å²) < 4.78 is 34.0. The van der Waals surface area contributed by atoms with E-state index in [0.717, 1.165) is 6.26 Å². The van der Waals surface area contributed by atoms with Crippen LogP contribution in [0, 0.1) is 6.92 Å². The molecule has 3 aromatic rings. The van der Waals surface area contributed by atoms with E-state index in [2.05, 4.69) is 5.32 Å². The van der Waals surface area contributed by atoms with Crippen molar-refractivity contribution >= 4 is 27.4 Å². The minimum atomic E-state index is -3.47. The van der Waals surface area contributed by atoms with E-state index in [9.17, 15) is 18.0 Å². The number of esters is 1. The van der Waals surface area contributed by atoms with Crippen molar-refractivity contribution in [2.45, 2.75) is 11.8 Å². The van der Waals surface area contributed by atoms with Crippen LogP contribution in [0.1, 0.15) is 26.5 Å². The molecule has 3 rings (SSSR count). The number of hydrogen-bond acceptors (Lipinski definition) is 6. The highest BCUT2D eigenvalue weighted by atomic mass is 32.2. The molecule has 28 heavy (non-hydrogen) atoms. The molecule has 7 nitrogen and oxygen atoms in total. The molecule has 0 spiro atoms. The molecular formula is C20H17NO6S. The fourth-order valence-electron chi connectivity index (χ4n) is 2.53. The molecule has 1 heterocycles. The van der Waals surface area contributed by atoms with Crippen LogP contribution < -0.4 is 10.1 Å². The molecule has 0 saturated carbocycles. The average molecular weight is 399 g/mol. The van der Waals surface area contributed by atoms with Crippen LogP contribution in [0.15, 0.2) is 70.2 Å². The molecule has 0 aliphatic rings. The molecule has 0 atom stereocenters. The summed E-state index contributed by atoms with van der Waals surface area (Å²) in [6, 6.07) is 13.7. The molecule has 0 saturated heterocycles. The number of anilines is 1. The molecule has 2 aromatic carbocycles. The standard InChI is InChI=1S/C20H17NO6S/c1-13-8-9-14(11-18(13)28(2,24)25)20(23)27-16-6-3-5-15(12-16)21-19(22)17-7-4-10-26-17/h3-12H,1-2H3,(H,21,22). The van der Waals surface area contributed by atoms with Gasteiger partial charge < -0.3 is 14.5 Å². The van der Waals surface area contributed by atoms with Crippen LogP contribution in [0.3, 0.4) is 0 Å². The van der Waals surface area contributed by atoms with Gasteiger partial charge in [0.15, 0.2) is 15.6 Å². The lowest BCUT2D eigenvalue weighted by Gasteiger charge is -2.09. The first kappa shape index (κ1) is 19.4. The van der Waals surface area contributed by atoms with Gasteiger partial charge in [-0.05, 0) is 48.9 Å².